The lowest BCUT2D eigenvalue weighted by Gasteiger charge is -2.01. The van der Waals surface area contributed by atoms with Gasteiger partial charge in [0.1, 0.15) is 5.69 Å². The molecule has 8 heteroatoms. The topological polar surface area (TPSA) is 80.9 Å². The Morgan fingerprint density at radius 2 is 2.00 bits per heavy atom. The number of carbonyl (C=O) groups excluding carboxylic acids is 1. The summed E-state index contributed by atoms with van der Waals surface area (Å²) in [5.74, 6) is 0.246. The third-order valence-electron chi connectivity index (χ3n) is 2.74. The molecule has 1 N–H and O–H groups in total. The maximum atomic E-state index is 11.9. The number of pyridine rings is 1. The average Bonchev–Trinajstić information content (AvgIpc) is 3.04. The van der Waals surface area contributed by atoms with Crippen molar-refractivity contribution in [2.24, 2.45) is 0 Å². The van der Waals surface area contributed by atoms with E-state index in [1.54, 1.807) is 30.5 Å². The zero-order valence-electron chi connectivity index (χ0n) is 11.8. The van der Waals surface area contributed by atoms with Crippen LogP contribution in [0.15, 0.2) is 58.0 Å². The first-order chi connectivity index (χ1) is 11.2. The zero-order valence-corrected chi connectivity index (χ0v) is 13.3. The first-order valence-corrected chi connectivity index (χ1v) is 8.00. The molecule has 3 aromatic rings. The van der Waals surface area contributed by atoms with E-state index in [0.29, 0.717) is 10.7 Å². The minimum Gasteiger partial charge on any atom is -0.401 e. The highest BCUT2D eigenvalue weighted by Crippen LogP contribution is 2.21. The Morgan fingerprint density at radius 3 is 2.74 bits per heavy atom. The van der Waals surface area contributed by atoms with E-state index in [9.17, 15) is 4.79 Å². The molecule has 0 fully saturated rings. The van der Waals surface area contributed by atoms with E-state index in [1.165, 1.54) is 11.8 Å². The molecule has 0 aliphatic rings. The van der Waals surface area contributed by atoms with E-state index in [0.717, 1.165) is 4.90 Å². The van der Waals surface area contributed by atoms with E-state index in [4.69, 9.17) is 16.0 Å². The van der Waals surface area contributed by atoms with Gasteiger partial charge < -0.3 is 4.42 Å². The van der Waals surface area contributed by atoms with Gasteiger partial charge in [-0.1, -0.05) is 22.8 Å². The molecule has 0 atom stereocenters. The number of thioether (sulfide) groups is 1. The lowest BCUT2D eigenvalue weighted by molar-refractivity contribution is -0.113. The lowest BCUT2D eigenvalue weighted by atomic mass is 10.3. The fraction of sp³-hybridized carbons (Fsp3) is 0.0667. The third-order valence-corrected chi connectivity index (χ3v) is 4.00. The molecule has 1 aromatic carbocycles. The van der Waals surface area contributed by atoms with Crippen LogP contribution in [0.5, 0.6) is 0 Å². The highest BCUT2D eigenvalue weighted by molar-refractivity contribution is 8.00. The van der Waals surface area contributed by atoms with Crippen LogP contribution in [-0.2, 0) is 4.79 Å². The van der Waals surface area contributed by atoms with Gasteiger partial charge >= 0.3 is 6.01 Å². The summed E-state index contributed by atoms with van der Waals surface area (Å²) in [6.45, 7) is 0. The SMILES string of the molecule is O=C(CSc1ccc(Cl)cc1)Nc1nnc(-c2ccccn2)o1. The smallest absolute Gasteiger partial charge is 0.322 e. The molecule has 2 aromatic heterocycles. The molecule has 0 saturated carbocycles. The molecule has 0 saturated heterocycles. The van der Waals surface area contributed by atoms with Crippen molar-refractivity contribution >= 4 is 35.3 Å². The Kier molecular flexibility index (Phi) is 4.89. The van der Waals surface area contributed by atoms with E-state index < -0.39 is 0 Å². The van der Waals surface area contributed by atoms with Crippen molar-refractivity contribution in [3.05, 3.63) is 53.7 Å². The first-order valence-electron chi connectivity index (χ1n) is 6.64. The van der Waals surface area contributed by atoms with Gasteiger partial charge in [-0.05, 0) is 36.4 Å². The summed E-state index contributed by atoms with van der Waals surface area (Å²) in [5, 5.41) is 10.9. The van der Waals surface area contributed by atoms with Crippen LogP contribution in [0.3, 0.4) is 0 Å². The molecule has 116 valence electrons. The second kappa shape index (κ2) is 7.26. The highest BCUT2D eigenvalue weighted by atomic mass is 35.5. The number of anilines is 1. The molecule has 0 aliphatic carbocycles. The van der Waals surface area contributed by atoms with Crippen molar-refractivity contribution in [1.82, 2.24) is 15.2 Å². The molecule has 0 unspecified atom stereocenters. The number of aromatic nitrogens is 3. The van der Waals surface area contributed by atoms with E-state index in [1.807, 2.05) is 18.2 Å². The first kappa shape index (κ1) is 15.5. The number of carbonyl (C=O) groups is 1. The Labute approximate surface area is 141 Å². The van der Waals surface area contributed by atoms with Crippen LogP contribution in [0.2, 0.25) is 5.02 Å². The fourth-order valence-corrected chi connectivity index (χ4v) is 2.53. The standard InChI is InChI=1S/C15H11ClN4O2S/c16-10-4-6-11(7-5-10)23-9-13(21)18-15-20-19-14(22-15)12-3-1-2-8-17-12/h1-8H,9H2,(H,18,20,21). The Hall–Kier alpha value is -2.38. The molecule has 3 rings (SSSR count). The van der Waals surface area contributed by atoms with E-state index in [2.05, 4.69) is 20.5 Å². The quantitative estimate of drug-likeness (QED) is 0.712. The number of halogens is 1. The number of nitrogens with one attached hydrogen (secondary N) is 1. The number of benzene rings is 1. The normalized spacial score (nSPS) is 10.5. The number of amides is 1. The van der Waals surface area contributed by atoms with Gasteiger partial charge in [-0.25, -0.2) is 0 Å². The van der Waals surface area contributed by atoms with Crippen LogP contribution in [-0.4, -0.2) is 26.8 Å². The maximum absolute atomic E-state index is 11.9. The van der Waals surface area contributed by atoms with Crippen molar-refractivity contribution < 1.29 is 9.21 Å². The van der Waals surface area contributed by atoms with Gasteiger partial charge in [0.25, 0.3) is 5.89 Å². The summed E-state index contributed by atoms with van der Waals surface area (Å²) in [7, 11) is 0. The minimum absolute atomic E-state index is 0.0485. The highest BCUT2D eigenvalue weighted by Gasteiger charge is 2.12. The van der Waals surface area contributed by atoms with Crippen LogP contribution in [0, 0.1) is 0 Å². The van der Waals surface area contributed by atoms with Gasteiger partial charge in [-0.3, -0.25) is 15.1 Å². The average molecular weight is 347 g/mol. The molecular formula is C15H11ClN4O2S. The monoisotopic (exact) mass is 346 g/mol. The minimum atomic E-state index is -0.235. The number of hydrogen-bond donors (Lipinski definition) is 1. The molecule has 1 amide bonds. The zero-order chi connectivity index (χ0) is 16.1. The van der Waals surface area contributed by atoms with Crippen LogP contribution < -0.4 is 5.32 Å². The number of hydrogen-bond acceptors (Lipinski definition) is 6. The van der Waals surface area contributed by atoms with Crippen LogP contribution in [0.25, 0.3) is 11.6 Å². The molecule has 23 heavy (non-hydrogen) atoms. The molecule has 6 nitrogen and oxygen atoms in total. The molecule has 2 heterocycles. The largest absolute Gasteiger partial charge is 0.401 e. The van der Waals surface area contributed by atoms with E-state index >= 15 is 0 Å². The Morgan fingerprint density at radius 1 is 1.17 bits per heavy atom. The van der Waals surface area contributed by atoms with Crippen LogP contribution in [0.1, 0.15) is 0 Å². The van der Waals surface area contributed by atoms with Crippen molar-refractivity contribution in [3.8, 4) is 11.6 Å². The molecular weight excluding hydrogens is 336 g/mol. The van der Waals surface area contributed by atoms with Crippen LogP contribution in [0.4, 0.5) is 6.01 Å². The van der Waals surface area contributed by atoms with Crippen LogP contribution >= 0.6 is 23.4 Å². The Bertz CT molecular complexity index is 793. The van der Waals surface area contributed by atoms with Gasteiger partial charge in [0.15, 0.2) is 0 Å². The fourth-order valence-electron chi connectivity index (χ4n) is 1.70. The summed E-state index contributed by atoms with van der Waals surface area (Å²) < 4.78 is 5.36. The summed E-state index contributed by atoms with van der Waals surface area (Å²) in [4.78, 5) is 16.9. The maximum Gasteiger partial charge on any atom is 0.322 e. The predicted molar refractivity (Wildman–Crippen MR) is 88.3 cm³/mol. The molecule has 0 aliphatic heterocycles. The van der Waals surface area contributed by atoms with Gasteiger partial charge in [-0.2, -0.15) is 0 Å². The number of rotatable bonds is 5. The summed E-state index contributed by atoms with van der Waals surface area (Å²) in [5.41, 5.74) is 0.552. The van der Waals surface area contributed by atoms with E-state index in [-0.39, 0.29) is 23.6 Å². The summed E-state index contributed by atoms with van der Waals surface area (Å²) in [6.07, 6.45) is 1.63. The number of nitrogens with zero attached hydrogens (tertiary/aromatic N) is 3. The Balaban J connectivity index is 1.56. The predicted octanol–water partition coefficient (Wildman–Crippen LogP) is 3.52. The molecule has 0 bridgehead atoms. The van der Waals surface area contributed by atoms with Crippen molar-refractivity contribution in [3.63, 3.8) is 0 Å². The summed E-state index contributed by atoms with van der Waals surface area (Å²) >= 11 is 7.20. The summed E-state index contributed by atoms with van der Waals surface area (Å²) in [6, 6.07) is 12.7. The van der Waals surface area contributed by atoms with Crippen molar-refractivity contribution in [2.75, 3.05) is 11.1 Å². The lowest BCUT2D eigenvalue weighted by Crippen LogP contribution is -2.14. The molecule has 0 spiro atoms. The van der Waals surface area contributed by atoms with Crippen molar-refractivity contribution in [2.45, 2.75) is 4.90 Å². The second-order valence-electron chi connectivity index (χ2n) is 4.42. The van der Waals surface area contributed by atoms with Gasteiger partial charge in [0.05, 0.1) is 5.75 Å². The van der Waals surface area contributed by atoms with Crippen molar-refractivity contribution in [1.29, 1.82) is 0 Å². The molecule has 0 radical (unpaired) electrons. The second-order valence-corrected chi connectivity index (χ2v) is 5.90. The van der Waals surface area contributed by atoms with Gasteiger partial charge in [0.2, 0.25) is 5.91 Å². The third kappa shape index (κ3) is 4.30. The van der Waals surface area contributed by atoms with Gasteiger partial charge in [0, 0.05) is 16.1 Å². The van der Waals surface area contributed by atoms with Gasteiger partial charge in [-0.15, -0.1) is 16.9 Å².